The molecule has 9 heteroatoms. The van der Waals surface area contributed by atoms with E-state index in [1.165, 1.54) is 18.2 Å². The van der Waals surface area contributed by atoms with Crippen molar-refractivity contribution in [2.75, 3.05) is 23.7 Å². The molecule has 0 fully saturated rings. The van der Waals surface area contributed by atoms with Crippen LogP contribution in [0.3, 0.4) is 0 Å². The van der Waals surface area contributed by atoms with E-state index >= 15 is 0 Å². The lowest BCUT2D eigenvalue weighted by atomic mass is 10.3. The van der Waals surface area contributed by atoms with Gasteiger partial charge in [-0.2, -0.15) is 0 Å². The van der Waals surface area contributed by atoms with Crippen LogP contribution in [0.5, 0.6) is 0 Å². The molecular formula is C16H16F2N4O3. The first-order valence-corrected chi connectivity index (χ1v) is 7.24. The van der Waals surface area contributed by atoms with Crippen molar-refractivity contribution < 1.29 is 22.9 Å². The van der Waals surface area contributed by atoms with Gasteiger partial charge >= 0.3 is 6.03 Å². The summed E-state index contributed by atoms with van der Waals surface area (Å²) in [4.78, 5) is 25.4. The second-order valence-electron chi connectivity index (χ2n) is 5.10. The first-order chi connectivity index (χ1) is 11.9. The molecule has 0 saturated heterocycles. The van der Waals surface area contributed by atoms with Crippen molar-refractivity contribution in [1.82, 2.24) is 10.1 Å². The Morgan fingerprint density at radius 3 is 2.64 bits per heavy atom. The van der Waals surface area contributed by atoms with Crippen LogP contribution >= 0.6 is 0 Å². The molecule has 0 aliphatic heterocycles. The molecule has 2 aromatic rings. The van der Waals surface area contributed by atoms with Crippen molar-refractivity contribution in [1.29, 1.82) is 0 Å². The van der Waals surface area contributed by atoms with Gasteiger partial charge in [0.2, 0.25) is 5.91 Å². The fourth-order valence-corrected chi connectivity index (χ4v) is 1.93. The van der Waals surface area contributed by atoms with Gasteiger partial charge < -0.3 is 20.1 Å². The molecule has 2 rings (SSSR count). The van der Waals surface area contributed by atoms with Gasteiger partial charge in [0.15, 0.2) is 17.5 Å². The van der Waals surface area contributed by atoms with E-state index in [0.29, 0.717) is 5.76 Å². The number of nitrogens with zero attached hydrogens (tertiary/aromatic N) is 2. The normalized spacial score (nSPS) is 10.2. The molecule has 132 valence electrons. The minimum Gasteiger partial charge on any atom is -0.360 e. The molecule has 3 amide bonds. The van der Waals surface area contributed by atoms with Crippen LogP contribution in [-0.2, 0) is 4.79 Å². The zero-order valence-corrected chi connectivity index (χ0v) is 13.4. The Kier molecular flexibility index (Phi) is 5.83. The molecule has 0 aliphatic rings. The Morgan fingerprint density at radius 2 is 2.04 bits per heavy atom. The summed E-state index contributed by atoms with van der Waals surface area (Å²) in [5, 5.41) is 8.48. The molecule has 1 aromatic heterocycles. The summed E-state index contributed by atoms with van der Waals surface area (Å²) in [7, 11) is 0. The minimum absolute atomic E-state index is 0.0606. The summed E-state index contributed by atoms with van der Waals surface area (Å²) in [6, 6.07) is 3.80. The second kappa shape index (κ2) is 8.04. The first-order valence-electron chi connectivity index (χ1n) is 7.24. The van der Waals surface area contributed by atoms with Gasteiger partial charge in [-0.3, -0.25) is 4.79 Å². The second-order valence-corrected chi connectivity index (χ2v) is 5.10. The van der Waals surface area contributed by atoms with Gasteiger partial charge in [0.05, 0.1) is 0 Å². The molecule has 0 radical (unpaired) electrons. The summed E-state index contributed by atoms with van der Waals surface area (Å²) >= 11 is 0. The fourth-order valence-electron chi connectivity index (χ4n) is 1.93. The van der Waals surface area contributed by atoms with Crippen LogP contribution in [-0.4, -0.2) is 35.1 Å². The van der Waals surface area contributed by atoms with E-state index in [0.717, 1.165) is 17.0 Å². The van der Waals surface area contributed by atoms with Gasteiger partial charge in [0.25, 0.3) is 0 Å². The molecule has 1 aromatic carbocycles. The molecule has 0 bridgehead atoms. The monoisotopic (exact) mass is 350 g/mol. The van der Waals surface area contributed by atoms with Gasteiger partial charge in [0.1, 0.15) is 12.3 Å². The van der Waals surface area contributed by atoms with Gasteiger partial charge in [-0.15, -0.1) is 6.58 Å². The highest BCUT2D eigenvalue weighted by atomic mass is 19.2. The average molecular weight is 350 g/mol. The zero-order valence-electron chi connectivity index (χ0n) is 13.4. The third-order valence-corrected chi connectivity index (χ3v) is 3.04. The Hall–Kier alpha value is -3.23. The molecule has 2 N–H and O–H groups in total. The number of halogens is 2. The smallest absolute Gasteiger partial charge is 0.322 e. The standard InChI is InChI=1S/C16H16F2N4O3/c1-3-6-22(9-15(23)20-14-7-10(2)25-21-14)16(24)19-11-4-5-12(17)13(18)8-11/h3-5,7-8H,1,6,9H2,2H3,(H,19,24)(H,20,21,23). The van der Waals surface area contributed by atoms with Gasteiger partial charge in [0, 0.05) is 24.4 Å². The molecule has 0 saturated carbocycles. The number of carbonyl (C=O) groups is 2. The van der Waals surface area contributed by atoms with E-state index in [1.54, 1.807) is 6.92 Å². The number of urea groups is 1. The Balaban J connectivity index is 2.00. The molecule has 0 aliphatic carbocycles. The lowest BCUT2D eigenvalue weighted by Crippen LogP contribution is -2.40. The fraction of sp³-hybridized carbons (Fsp3) is 0.188. The van der Waals surface area contributed by atoms with Crippen LogP contribution in [0.2, 0.25) is 0 Å². The number of carbonyl (C=O) groups excluding carboxylic acids is 2. The Bertz CT molecular complexity index is 791. The highest BCUT2D eigenvalue weighted by molar-refractivity contribution is 5.96. The highest BCUT2D eigenvalue weighted by Gasteiger charge is 2.17. The average Bonchev–Trinajstić information content (AvgIpc) is 2.95. The number of amides is 3. The number of hydrogen-bond acceptors (Lipinski definition) is 4. The van der Waals surface area contributed by atoms with Crippen LogP contribution in [0.1, 0.15) is 5.76 Å². The lowest BCUT2D eigenvalue weighted by molar-refractivity contribution is -0.116. The van der Waals surface area contributed by atoms with E-state index in [1.807, 2.05) is 0 Å². The molecule has 0 unspecified atom stereocenters. The maximum Gasteiger partial charge on any atom is 0.322 e. The molecule has 7 nitrogen and oxygen atoms in total. The van der Waals surface area contributed by atoms with Crippen LogP contribution in [0.4, 0.5) is 25.1 Å². The molecular weight excluding hydrogens is 334 g/mol. The number of aromatic nitrogens is 1. The predicted octanol–water partition coefficient (Wildman–Crippen LogP) is 2.92. The van der Waals surface area contributed by atoms with E-state index in [2.05, 4.69) is 22.4 Å². The number of anilines is 2. The van der Waals surface area contributed by atoms with E-state index in [4.69, 9.17) is 4.52 Å². The van der Waals surface area contributed by atoms with Gasteiger partial charge in [-0.1, -0.05) is 11.2 Å². The maximum absolute atomic E-state index is 13.2. The van der Waals surface area contributed by atoms with Crippen molar-refractivity contribution in [2.24, 2.45) is 0 Å². The first kappa shape index (κ1) is 18.1. The van der Waals surface area contributed by atoms with Crippen LogP contribution < -0.4 is 10.6 Å². The quantitative estimate of drug-likeness (QED) is 0.784. The predicted molar refractivity (Wildman–Crippen MR) is 87.0 cm³/mol. The van der Waals surface area contributed by atoms with Crippen LogP contribution in [0.15, 0.2) is 41.4 Å². The van der Waals surface area contributed by atoms with Crippen LogP contribution in [0.25, 0.3) is 0 Å². The number of aryl methyl sites for hydroxylation is 1. The molecule has 0 atom stereocenters. The zero-order chi connectivity index (χ0) is 18.4. The van der Waals surface area contributed by atoms with Crippen molar-refractivity contribution in [3.63, 3.8) is 0 Å². The SMILES string of the molecule is C=CCN(CC(=O)Nc1cc(C)on1)C(=O)Nc1ccc(F)c(F)c1. The lowest BCUT2D eigenvalue weighted by Gasteiger charge is -2.20. The molecule has 25 heavy (non-hydrogen) atoms. The van der Waals surface area contributed by atoms with E-state index < -0.39 is 23.6 Å². The van der Waals surface area contributed by atoms with Crippen LogP contribution in [0, 0.1) is 18.6 Å². The highest BCUT2D eigenvalue weighted by Crippen LogP contribution is 2.14. The summed E-state index contributed by atoms with van der Waals surface area (Å²) in [5.41, 5.74) is 0.0606. The van der Waals surface area contributed by atoms with Gasteiger partial charge in [-0.25, -0.2) is 13.6 Å². The topological polar surface area (TPSA) is 87.5 Å². The number of rotatable bonds is 6. The summed E-state index contributed by atoms with van der Waals surface area (Å²) < 4.78 is 30.9. The maximum atomic E-state index is 13.2. The van der Waals surface area contributed by atoms with Crippen molar-refractivity contribution in [3.05, 3.63) is 54.3 Å². The third kappa shape index (κ3) is 5.13. The van der Waals surface area contributed by atoms with E-state index in [-0.39, 0.29) is 24.6 Å². The van der Waals surface area contributed by atoms with E-state index in [9.17, 15) is 18.4 Å². The summed E-state index contributed by atoms with van der Waals surface area (Å²) in [6.45, 7) is 4.96. The summed E-state index contributed by atoms with van der Waals surface area (Å²) in [5.74, 6) is -1.87. The minimum atomic E-state index is -1.09. The Labute approximate surface area is 142 Å². The van der Waals surface area contributed by atoms with Crippen molar-refractivity contribution in [2.45, 2.75) is 6.92 Å². The number of hydrogen-bond donors (Lipinski definition) is 2. The van der Waals surface area contributed by atoms with Crippen molar-refractivity contribution >= 4 is 23.4 Å². The third-order valence-electron chi connectivity index (χ3n) is 3.04. The van der Waals surface area contributed by atoms with Gasteiger partial charge in [-0.05, 0) is 19.1 Å². The Morgan fingerprint density at radius 1 is 1.28 bits per heavy atom. The largest absolute Gasteiger partial charge is 0.360 e. The molecule has 0 spiro atoms. The number of nitrogens with one attached hydrogen (secondary N) is 2. The van der Waals surface area contributed by atoms with Crippen molar-refractivity contribution in [3.8, 4) is 0 Å². The number of benzene rings is 1. The molecule has 1 heterocycles. The summed E-state index contributed by atoms with van der Waals surface area (Å²) in [6.07, 6.45) is 1.43.